The number of rotatable bonds is 2. The Bertz CT molecular complexity index is 447. The predicted octanol–water partition coefficient (Wildman–Crippen LogP) is 2.79. The highest BCUT2D eigenvalue weighted by molar-refractivity contribution is 6.30. The lowest BCUT2D eigenvalue weighted by Crippen LogP contribution is -2.47. The summed E-state index contributed by atoms with van der Waals surface area (Å²) in [4.78, 5) is 15.9. The molecule has 0 spiro atoms. The Labute approximate surface area is 118 Å². The zero-order valence-corrected chi connectivity index (χ0v) is 12.1. The molecule has 5 heteroatoms. The fourth-order valence-electron chi connectivity index (χ4n) is 2.13. The molecule has 1 atom stereocenters. The Hall–Kier alpha value is -1.26. The molecule has 4 nitrogen and oxygen atoms in total. The third kappa shape index (κ3) is 3.39. The van der Waals surface area contributed by atoms with Crippen LogP contribution in [-0.2, 0) is 4.74 Å². The summed E-state index contributed by atoms with van der Waals surface area (Å²) in [5.74, 6) is 0. The lowest BCUT2D eigenvalue weighted by molar-refractivity contribution is 0.0426. The molecule has 0 bridgehead atoms. The summed E-state index contributed by atoms with van der Waals surface area (Å²) in [6, 6.07) is 7.66. The van der Waals surface area contributed by atoms with Gasteiger partial charge in [-0.3, -0.25) is 0 Å². The van der Waals surface area contributed by atoms with Gasteiger partial charge in [-0.1, -0.05) is 23.7 Å². The SMILES string of the molecule is CC(c1cccc(Cl)c1)N(C)C(=O)N1CCOCC1. The molecule has 1 aliphatic rings. The van der Waals surface area contributed by atoms with Gasteiger partial charge in [-0.2, -0.15) is 0 Å². The van der Waals surface area contributed by atoms with Crippen LogP contribution in [0.3, 0.4) is 0 Å². The summed E-state index contributed by atoms with van der Waals surface area (Å²) < 4.78 is 5.26. The van der Waals surface area contributed by atoms with Crippen LogP contribution in [0, 0.1) is 0 Å². The first-order valence-corrected chi connectivity index (χ1v) is 6.82. The zero-order valence-electron chi connectivity index (χ0n) is 11.3. The highest BCUT2D eigenvalue weighted by Gasteiger charge is 2.24. The summed E-state index contributed by atoms with van der Waals surface area (Å²) in [5, 5.41) is 0.691. The van der Waals surface area contributed by atoms with Crippen LogP contribution in [0.15, 0.2) is 24.3 Å². The van der Waals surface area contributed by atoms with E-state index >= 15 is 0 Å². The van der Waals surface area contributed by atoms with Crippen LogP contribution in [0.2, 0.25) is 5.02 Å². The average molecular weight is 283 g/mol. The Morgan fingerprint density at radius 1 is 1.42 bits per heavy atom. The highest BCUT2D eigenvalue weighted by Crippen LogP contribution is 2.22. The maximum Gasteiger partial charge on any atom is 0.320 e. The first-order chi connectivity index (χ1) is 9.09. The Kier molecular flexibility index (Phi) is 4.66. The zero-order chi connectivity index (χ0) is 13.8. The summed E-state index contributed by atoms with van der Waals surface area (Å²) in [5.41, 5.74) is 1.04. The number of hydrogen-bond donors (Lipinski definition) is 0. The minimum absolute atomic E-state index is 0.00551. The van der Waals surface area contributed by atoms with Crippen molar-refractivity contribution in [3.8, 4) is 0 Å². The maximum absolute atomic E-state index is 12.4. The molecule has 1 aliphatic heterocycles. The Morgan fingerprint density at radius 3 is 2.74 bits per heavy atom. The number of carbonyl (C=O) groups excluding carboxylic acids is 1. The number of urea groups is 1. The molecule has 19 heavy (non-hydrogen) atoms. The summed E-state index contributed by atoms with van der Waals surface area (Å²) in [7, 11) is 1.82. The third-order valence-electron chi connectivity index (χ3n) is 3.50. The number of amides is 2. The van der Waals surface area contributed by atoms with Gasteiger partial charge in [0.1, 0.15) is 0 Å². The van der Waals surface area contributed by atoms with Gasteiger partial charge >= 0.3 is 6.03 Å². The fraction of sp³-hybridized carbons (Fsp3) is 0.500. The van der Waals surface area contributed by atoms with E-state index in [4.69, 9.17) is 16.3 Å². The molecule has 2 rings (SSSR count). The van der Waals surface area contributed by atoms with Crippen molar-refractivity contribution in [2.45, 2.75) is 13.0 Å². The molecule has 0 radical (unpaired) electrons. The number of halogens is 1. The van der Waals surface area contributed by atoms with E-state index in [1.54, 1.807) is 4.90 Å². The number of ether oxygens (including phenoxy) is 1. The summed E-state index contributed by atoms with van der Waals surface area (Å²) in [6.07, 6.45) is 0. The maximum atomic E-state index is 12.4. The van der Waals surface area contributed by atoms with Gasteiger partial charge in [-0.05, 0) is 24.6 Å². The smallest absolute Gasteiger partial charge is 0.320 e. The summed E-state index contributed by atoms with van der Waals surface area (Å²) in [6.45, 7) is 4.55. The number of benzene rings is 1. The molecule has 0 N–H and O–H groups in total. The van der Waals surface area contributed by atoms with E-state index in [-0.39, 0.29) is 12.1 Å². The topological polar surface area (TPSA) is 32.8 Å². The van der Waals surface area contributed by atoms with E-state index in [0.29, 0.717) is 31.3 Å². The van der Waals surface area contributed by atoms with Gasteiger partial charge in [0.25, 0.3) is 0 Å². The molecular formula is C14H19ClN2O2. The van der Waals surface area contributed by atoms with Gasteiger partial charge in [0.15, 0.2) is 0 Å². The average Bonchev–Trinajstić information content (AvgIpc) is 2.46. The minimum atomic E-state index is -0.00551. The van der Waals surface area contributed by atoms with Crippen LogP contribution >= 0.6 is 11.6 Å². The predicted molar refractivity (Wildman–Crippen MR) is 75.4 cm³/mol. The normalized spacial score (nSPS) is 17.1. The van der Waals surface area contributed by atoms with Gasteiger partial charge in [-0.15, -0.1) is 0 Å². The van der Waals surface area contributed by atoms with Crippen molar-refractivity contribution in [3.63, 3.8) is 0 Å². The molecule has 1 fully saturated rings. The van der Waals surface area contributed by atoms with E-state index in [0.717, 1.165) is 5.56 Å². The highest BCUT2D eigenvalue weighted by atomic mass is 35.5. The van der Waals surface area contributed by atoms with E-state index in [1.807, 2.05) is 43.1 Å². The van der Waals surface area contributed by atoms with Gasteiger partial charge in [0.2, 0.25) is 0 Å². The van der Waals surface area contributed by atoms with E-state index in [1.165, 1.54) is 0 Å². The molecule has 0 saturated carbocycles. The molecule has 1 aromatic rings. The standard InChI is InChI=1S/C14H19ClN2O2/c1-11(12-4-3-5-13(15)10-12)16(2)14(18)17-6-8-19-9-7-17/h3-5,10-11H,6-9H2,1-2H3. The first-order valence-electron chi connectivity index (χ1n) is 6.44. The molecule has 1 saturated heterocycles. The molecule has 2 amide bonds. The van der Waals surface area contributed by atoms with E-state index in [9.17, 15) is 4.79 Å². The van der Waals surface area contributed by atoms with Crippen LogP contribution in [0.4, 0.5) is 4.79 Å². The second kappa shape index (κ2) is 6.26. The van der Waals surface area contributed by atoms with Gasteiger partial charge < -0.3 is 14.5 Å². The molecule has 1 unspecified atom stereocenters. The monoisotopic (exact) mass is 282 g/mol. The van der Waals surface area contributed by atoms with Crippen molar-refractivity contribution < 1.29 is 9.53 Å². The quantitative estimate of drug-likeness (QED) is 0.836. The van der Waals surface area contributed by atoms with Crippen LogP contribution in [-0.4, -0.2) is 49.2 Å². The molecule has 104 valence electrons. The van der Waals surface area contributed by atoms with Crippen molar-refractivity contribution in [1.29, 1.82) is 0 Å². The van der Waals surface area contributed by atoms with Gasteiger partial charge in [0, 0.05) is 25.2 Å². The Balaban J connectivity index is 2.05. The van der Waals surface area contributed by atoms with Crippen molar-refractivity contribution in [1.82, 2.24) is 9.80 Å². The van der Waals surface area contributed by atoms with Crippen LogP contribution in [0.1, 0.15) is 18.5 Å². The lowest BCUT2D eigenvalue weighted by Gasteiger charge is -2.34. The fourth-order valence-corrected chi connectivity index (χ4v) is 2.33. The number of hydrogen-bond acceptors (Lipinski definition) is 2. The van der Waals surface area contributed by atoms with Crippen molar-refractivity contribution in [2.75, 3.05) is 33.4 Å². The lowest BCUT2D eigenvalue weighted by atomic mass is 10.1. The molecule has 0 aliphatic carbocycles. The Morgan fingerprint density at radius 2 is 2.11 bits per heavy atom. The second-order valence-electron chi connectivity index (χ2n) is 4.72. The largest absolute Gasteiger partial charge is 0.378 e. The van der Waals surface area contributed by atoms with Crippen molar-refractivity contribution >= 4 is 17.6 Å². The van der Waals surface area contributed by atoms with Crippen LogP contribution in [0.5, 0.6) is 0 Å². The number of carbonyl (C=O) groups is 1. The third-order valence-corrected chi connectivity index (χ3v) is 3.73. The molecule has 0 aromatic heterocycles. The van der Waals surface area contributed by atoms with Crippen LogP contribution < -0.4 is 0 Å². The van der Waals surface area contributed by atoms with Crippen molar-refractivity contribution in [3.05, 3.63) is 34.9 Å². The van der Waals surface area contributed by atoms with Crippen molar-refractivity contribution in [2.24, 2.45) is 0 Å². The van der Waals surface area contributed by atoms with E-state index in [2.05, 4.69) is 0 Å². The van der Waals surface area contributed by atoms with Gasteiger partial charge in [-0.25, -0.2) is 4.79 Å². The van der Waals surface area contributed by atoms with Crippen LogP contribution in [0.25, 0.3) is 0 Å². The van der Waals surface area contributed by atoms with Gasteiger partial charge in [0.05, 0.1) is 19.3 Å². The molecule has 1 aromatic carbocycles. The molecule has 1 heterocycles. The van der Waals surface area contributed by atoms with E-state index < -0.39 is 0 Å². The number of morpholine rings is 1. The second-order valence-corrected chi connectivity index (χ2v) is 5.16. The minimum Gasteiger partial charge on any atom is -0.378 e. The number of nitrogens with zero attached hydrogens (tertiary/aromatic N) is 2. The first kappa shape index (κ1) is 14.2. The molecular weight excluding hydrogens is 264 g/mol. The summed E-state index contributed by atoms with van der Waals surface area (Å²) >= 11 is 5.99.